The van der Waals surface area contributed by atoms with Gasteiger partial charge in [-0.25, -0.2) is 14.0 Å². The number of aromatic nitrogens is 10. The van der Waals surface area contributed by atoms with Crippen LogP contribution in [0.3, 0.4) is 0 Å². The van der Waals surface area contributed by atoms with E-state index in [4.69, 9.17) is 0 Å². The van der Waals surface area contributed by atoms with Gasteiger partial charge in [0.1, 0.15) is 0 Å². The lowest BCUT2D eigenvalue weighted by molar-refractivity contribution is 0.437. The number of unbranched alkanes of at least 4 members (excludes halogenated alkanes) is 2. The molecule has 12 nitrogen and oxygen atoms in total. The van der Waals surface area contributed by atoms with Crippen molar-refractivity contribution in [1.82, 2.24) is 50.0 Å². The molecule has 37 heavy (non-hydrogen) atoms. The molecule has 0 bridgehead atoms. The number of nitrogens with one attached hydrogen (secondary N) is 1. The van der Waals surface area contributed by atoms with Crippen LogP contribution in [0.5, 0.6) is 0 Å². The van der Waals surface area contributed by atoms with Crippen molar-refractivity contribution in [3.8, 4) is 17.3 Å². The summed E-state index contributed by atoms with van der Waals surface area (Å²) < 4.78 is 5.17. The quantitative estimate of drug-likeness (QED) is 0.333. The highest BCUT2D eigenvalue weighted by Gasteiger charge is 2.33. The smallest absolute Gasteiger partial charge is 0.295 e. The molecule has 1 aromatic carbocycles. The third-order valence-electron chi connectivity index (χ3n) is 6.82. The summed E-state index contributed by atoms with van der Waals surface area (Å²) in [6.45, 7) is 5.37. The largest absolute Gasteiger partial charge is 0.335 e. The Hall–Kier alpha value is -4.22. The van der Waals surface area contributed by atoms with E-state index in [1.807, 2.05) is 35.3 Å². The molecule has 12 heteroatoms. The van der Waals surface area contributed by atoms with Crippen molar-refractivity contribution >= 4 is 6.21 Å². The monoisotopic (exact) mass is 501 g/mol. The summed E-state index contributed by atoms with van der Waals surface area (Å²) in [7, 11) is 0. The van der Waals surface area contributed by atoms with Gasteiger partial charge in [-0.15, -0.1) is 10.2 Å². The fourth-order valence-electron chi connectivity index (χ4n) is 4.71. The Morgan fingerprint density at radius 2 is 2.03 bits per heavy atom. The summed E-state index contributed by atoms with van der Waals surface area (Å²) in [4.78, 5) is 18.2. The second-order valence-corrected chi connectivity index (χ2v) is 9.34. The predicted molar refractivity (Wildman–Crippen MR) is 138 cm³/mol. The summed E-state index contributed by atoms with van der Waals surface area (Å²) in [6.07, 6.45) is 13.1. The molecule has 4 heterocycles. The molecule has 1 aliphatic heterocycles. The fourth-order valence-corrected chi connectivity index (χ4v) is 4.71. The Morgan fingerprint density at radius 1 is 1.14 bits per heavy atom. The van der Waals surface area contributed by atoms with E-state index in [9.17, 15) is 4.79 Å². The van der Waals surface area contributed by atoms with Gasteiger partial charge in [0.2, 0.25) is 5.82 Å². The molecule has 0 amide bonds. The van der Waals surface area contributed by atoms with Gasteiger partial charge in [0.25, 0.3) is 5.95 Å². The minimum atomic E-state index is -0.480. The van der Waals surface area contributed by atoms with E-state index in [1.165, 1.54) is 0 Å². The Labute approximate surface area is 214 Å². The van der Waals surface area contributed by atoms with Gasteiger partial charge in [0, 0.05) is 48.4 Å². The molecule has 0 saturated carbocycles. The van der Waals surface area contributed by atoms with E-state index in [0.29, 0.717) is 31.3 Å². The lowest BCUT2D eigenvalue weighted by Crippen LogP contribution is -2.37. The molecule has 3 aromatic heterocycles. The lowest BCUT2D eigenvalue weighted by Gasteiger charge is -2.32. The Balaban J connectivity index is 1.58. The van der Waals surface area contributed by atoms with Crippen molar-refractivity contribution in [2.45, 2.75) is 70.9 Å². The topological polar surface area (TPSA) is 137 Å². The van der Waals surface area contributed by atoms with Crippen molar-refractivity contribution in [1.29, 1.82) is 0 Å². The number of allylic oxidation sites excluding steroid dienone is 1. The molecule has 5 rings (SSSR count). The summed E-state index contributed by atoms with van der Waals surface area (Å²) in [5.41, 5.74) is 2.23. The number of aromatic amines is 1. The molecule has 1 aliphatic rings. The second-order valence-electron chi connectivity index (χ2n) is 9.34. The zero-order valence-electron chi connectivity index (χ0n) is 21.2. The van der Waals surface area contributed by atoms with Gasteiger partial charge in [0.05, 0.1) is 0 Å². The highest BCUT2D eigenvalue weighted by atomic mass is 16.2. The van der Waals surface area contributed by atoms with Crippen LogP contribution in [0.25, 0.3) is 17.3 Å². The van der Waals surface area contributed by atoms with Crippen molar-refractivity contribution in [3.63, 3.8) is 0 Å². The van der Waals surface area contributed by atoms with Crippen LogP contribution in [0.2, 0.25) is 0 Å². The Kier molecular flexibility index (Phi) is 7.15. The molecule has 0 saturated heterocycles. The van der Waals surface area contributed by atoms with Gasteiger partial charge in [-0.05, 0) is 53.0 Å². The van der Waals surface area contributed by atoms with Crippen LogP contribution < -0.4 is 5.69 Å². The average molecular weight is 502 g/mol. The average Bonchev–Trinajstić information content (AvgIpc) is 3.69. The maximum absolute atomic E-state index is 13.9. The zero-order valence-corrected chi connectivity index (χ0v) is 21.2. The number of nitrogens with zero attached hydrogens (tertiary/aromatic N) is 10. The van der Waals surface area contributed by atoms with Crippen molar-refractivity contribution in [2.24, 2.45) is 4.99 Å². The molecule has 0 aliphatic carbocycles. The van der Waals surface area contributed by atoms with Crippen molar-refractivity contribution in [3.05, 3.63) is 64.5 Å². The van der Waals surface area contributed by atoms with Crippen LogP contribution in [-0.2, 0) is 24.9 Å². The van der Waals surface area contributed by atoms with Gasteiger partial charge >= 0.3 is 5.69 Å². The molecule has 4 aromatic rings. The number of benzene rings is 1. The van der Waals surface area contributed by atoms with E-state index in [0.717, 1.165) is 48.9 Å². The van der Waals surface area contributed by atoms with Crippen molar-refractivity contribution < 1.29 is 0 Å². The predicted octanol–water partition coefficient (Wildman–Crippen LogP) is 2.87. The van der Waals surface area contributed by atoms with Crippen molar-refractivity contribution in [2.75, 3.05) is 0 Å². The number of hydrogen-bond acceptors (Lipinski definition) is 8. The Morgan fingerprint density at radius 3 is 2.78 bits per heavy atom. The Bertz CT molecular complexity index is 1440. The maximum atomic E-state index is 13.9. The number of aliphatic imine (C=N–C) groups is 1. The van der Waals surface area contributed by atoms with Gasteiger partial charge < -0.3 is 0 Å². The highest BCUT2D eigenvalue weighted by molar-refractivity contribution is 5.65. The van der Waals surface area contributed by atoms with Crippen LogP contribution in [0, 0.1) is 0 Å². The van der Waals surface area contributed by atoms with Crippen LogP contribution >= 0.6 is 0 Å². The highest BCUT2D eigenvalue weighted by Crippen LogP contribution is 2.35. The SMILES string of the molecule is CCCCc1cn(-c2nnnn2CCCC)c(=O)n1CC1(c2cccc(-c3nn[nH]n3)c2)C=CN=CC1. The number of H-pyrrole nitrogens is 1. The number of aryl methyl sites for hydroxylation is 2. The van der Waals surface area contributed by atoms with Gasteiger partial charge in [-0.3, -0.25) is 9.56 Å². The molecule has 0 spiro atoms. The number of rotatable bonds is 11. The van der Waals surface area contributed by atoms with Gasteiger partial charge in [-0.1, -0.05) is 56.1 Å². The zero-order chi connectivity index (χ0) is 25.7. The van der Waals surface area contributed by atoms with E-state index < -0.39 is 5.41 Å². The molecule has 1 unspecified atom stereocenters. The second kappa shape index (κ2) is 10.8. The van der Waals surface area contributed by atoms with Crippen LogP contribution in [0.1, 0.15) is 57.2 Å². The lowest BCUT2D eigenvalue weighted by atomic mass is 9.76. The first-order valence-electron chi connectivity index (χ1n) is 12.8. The van der Waals surface area contributed by atoms with Gasteiger partial charge in [-0.2, -0.15) is 5.21 Å². The van der Waals surface area contributed by atoms with Crippen LogP contribution in [-0.4, -0.2) is 56.2 Å². The maximum Gasteiger partial charge on any atom is 0.335 e. The number of hydrogen-bond donors (Lipinski definition) is 1. The first-order chi connectivity index (χ1) is 18.1. The molecule has 192 valence electrons. The molecule has 1 atom stereocenters. The number of tetrazole rings is 2. The van der Waals surface area contributed by atoms with Crippen LogP contribution in [0.15, 0.2) is 52.5 Å². The number of imidazole rings is 1. The van der Waals surface area contributed by atoms with E-state index >= 15 is 0 Å². The normalized spacial score (nSPS) is 17.0. The van der Waals surface area contributed by atoms with E-state index in [2.05, 4.69) is 73.2 Å². The van der Waals surface area contributed by atoms with Crippen LogP contribution in [0.4, 0.5) is 0 Å². The minimum Gasteiger partial charge on any atom is -0.295 e. The molecular weight excluding hydrogens is 470 g/mol. The standard InChI is InChI=1S/C25H31N11O/c1-3-5-10-21-17-34(23-29-32-33-36(23)15-6-4-2)24(37)35(21)18-25(11-13-26-14-12-25)20-9-7-8-19(16-20)22-27-30-31-28-22/h7-9,11,13-14,16-17H,3-6,10,12,15,18H2,1-2H3,(H,27,28,30,31). The third kappa shape index (κ3) is 4.91. The summed E-state index contributed by atoms with van der Waals surface area (Å²) in [6, 6.07) is 8.07. The fraction of sp³-hybridized carbons (Fsp3) is 0.440. The van der Waals surface area contributed by atoms with Gasteiger partial charge in [0.15, 0.2) is 0 Å². The minimum absolute atomic E-state index is 0.150. The van der Waals surface area contributed by atoms with E-state index in [1.54, 1.807) is 9.25 Å². The summed E-state index contributed by atoms with van der Waals surface area (Å²) >= 11 is 0. The molecular formula is C25H31N11O. The molecule has 0 fully saturated rings. The summed E-state index contributed by atoms with van der Waals surface area (Å²) in [5, 5.41) is 26.6. The molecule has 1 N–H and O–H groups in total. The first-order valence-corrected chi connectivity index (χ1v) is 12.8. The first kappa shape index (κ1) is 24.5. The summed E-state index contributed by atoms with van der Waals surface area (Å²) in [5.74, 6) is 0.972. The third-order valence-corrected chi connectivity index (χ3v) is 6.82. The van der Waals surface area contributed by atoms with E-state index in [-0.39, 0.29) is 5.69 Å². The molecule has 0 radical (unpaired) electrons.